The molecule has 0 amide bonds. The van der Waals surface area contributed by atoms with Gasteiger partial charge >= 0.3 is 0 Å². The number of hydrogen-bond donors (Lipinski definition) is 1. The van der Waals surface area contributed by atoms with Gasteiger partial charge in [-0.15, -0.1) is 0 Å². The molecule has 0 saturated heterocycles. The second kappa shape index (κ2) is 4.48. The van der Waals surface area contributed by atoms with Gasteiger partial charge in [0.15, 0.2) is 0 Å². The minimum Gasteiger partial charge on any atom is -0.393 e. The first-order chi connectivity index (χ1) is 9.55. The Bertz CT molecular complexity index is 391. The fourth-order valence-electron chi connectivity index (χ4n) is 7.37. The Morgan fingerprint density at radius 2 is 1.55 bits per heavy atom. The molecule has 4 aliphatic carbocycles. The lowest BCUT2D eigenvalue weighted by Crippen LogP contribution is -2.54. The molecule has 0 heterocycles. The molecule has 0 aromatic heterocycles. The molecule has 4 saturated carbocycles. The number of aliphatic hydroxyl groups excluding tert-OH is 1. The van der Waals surface area contributed by atoms with E-state index in [4.69, 9.17) is 0 Å². The predicted molar refractivity (Wildman–Crippen MR) is 82.4 cm³/mol. The SMILES string of the molecule is C[C@]12CCC[C@@H]1[C@@H]1CC[C@H]3[C@H](O)CCC[C@@]3(C)[C@@H]1CC2. The number of hydrogen-bond acceptors (Lipinski definition) is 1. The third kappa shape index (κ3) is 1.71. The van der Waals surface area contributed by atoms with Crippen LogP contribution in [0.2, 0.25) is 0 Å². The fraction of sp³-hybridized carbons (Fsp3) is 1.00. The Kier molecular flexibility index (Phi) is 3.05. The van der Waals surface area contributed by atoms with Gasteiger partial charge in [-0.05, 0) is 85.9 Å². The van der Waals surface area contributed by atoms with E-state index in [0.29, 0.717) is 16.7 Å². The Morgan fingerprint density at radius 3 is 2.40 bits per heavy atom. The molecule has 4 fully saturated rings. The first kappa shape index (κ1) is 13.6. The summed E-state index contributed by atoms with van der Waals surface area (Å²) >= 11 is 0. The topological polar surface area (TPSA) is 20.2 Å². The van der Waals surface area contributed by atoms with E-state index >= 15 is 0 Å². The maximum Gasteiger partial charge on any atom is 0.0573 e. The van der Waals surface area contributed by atoms with Crippen LogP contribution in [0.15, 0.2) is 0 Å². The van der Waals surface area contributed by atoms with Crippen LogP contribution in [0.5, 0.6) is 0 Å². The Hall–Kier alpha value is -0.0400. The molecule has 1 heteroatoms. The maximum atomic E-state index is 10.5. The molecule has 7 atom stereocenters. The molecule has 4 rings (SSSR count). The van der Waals surface area contributed by atoms with Crippen molar-refractivity contribution >= 4 is 0 Å². The van der Waals surface area contributed by atoms with Crippen LogP contribution < -0.4 is 0 Å². The highest BCUT2D eigenvalue weighted by Crippen LogP contribution is 2.66. The molecule has 4 aliphatic rings. The smallest absolute Gasteiger partial charge is 0.0573 e. The first-order valence-electron chi connectivity index (χ1n) is 9.23. The van der Waals surface area contributed by atoms with Crippen LogP contribution >= 0.6 is 0 Å². The summed E-state index contributed by atoms with van der Waals surface area (Å²) in [6, 6.07) is 0. The normalized spacial score (nSPS) is 58.6. The Morgan fingerprint density at radius 1 is 0.750 bits per heavy atom. The third-order valence-corrected chi connectivity index (χ3v) is 8.40. The van der Waals surface area contributed by atoms with Crippen LogP contribution in [0.1, 0.15) is 78.1 Å². The van der Waals surface area contributed by atoms with Gasteiger partial charge in [-0.1, -0.05) is 26.7 Å². The zero-order valence-electron chi connectivity index (χ0n) is 13.4. The lowest BCUT2D eigenvalue weighted by atomic mass is 9.45. The summed E-state index contributed by atoms with van der Waals surface area (Å²) in [6.07, 6.45) is 13.9. The molecular weight excluding hydrogens is 244 g/mol. The van der Waals surface area contributed by atoms with Gasteiger partial charge in [0.1, 0.15) is 0 Å². The van der Waals surface area contributed by atoms with E-state index in [2.05, 4.69) is 13.8 Å². The Labute approximate surface area is 124 Å². The number of aliphatic hydroxyl groups is 1. The van der Waals surface area contributed by atoms with Gasteiger partial charge < -0.3 is 5.11 Å². The van der Waals surface area contributed by atoms with E-state index in [1.54, 1.807) is 0 Å². The van der Waals surface area contributed by atoms with Crippen molar-refractivity contribution in [1.82, 2.24) is 0 Å². The van der Waals surface area contributed by atoms with Gasteiger partial charge in [0.25, 0.3) is 0 Å². The van der Waals surface area contributed by atoms with Crippen molar-refractivity contribution in [2.75, 3.05) is 0 Å². The van der Waals surface area contributed by atoms with Crippen molar-refractivity contribution in [2.45, 2.75) is 84.2 Å². The molecule has 114 valence electrons. The van der Waals surface area contributed by atoms with Gasteiger partial charge in [-0.25, -0.2) is 0 Å². The summed E-state index contributed by atoms with van der Waals surface area (Å²) in [7, 11) is 0. The number of rotatable bonds is 0. The van der Waals surface area contributed by atoms with Crippen molar-refractivity contribution in [2.24, 2.45) is 34.5 Å². The van der Waals surface area contributed by atoms with E-state index in [0.717, 1.165) is 24.2 Å². The predicted octanol–water partition coefficient (Wildman–Crippen LogP) is 4.78. The van der Waals surface area contributed by atoms with Crippen LogP contribution in [-0.2, 0) is 0 Å². The van der Waals surface area contributed by atoms with Crippen LogP contribution in [-0.4, -0.2) is 11.2 Å². The minimum atomic E-state index is 0.00610. The van der Waals surface area contributed by atoms with E-state index in [1.807, 2.05) is 0 Å². The van der Waals surface area contributed by atoms with Gasteiger partial charge in [-0.3, -0.25) is 0 Å². The summed E-state index contributed by atoms with van der Waals surface area (Å²) in [6.45, 7) is 5.14. The largest absolute Gasteiger partial charge is 0.393 e. The average Bonchev–Trinajstić information content (AvgIpc) is 2.80. The molecule has 0 radical (unpaired) electrons. The molecule has 0 aliphatic heterocycles. The van der Waals surface area contributed by atoms with Crippen molar-refractivity contribution in [3.63, 3.8) is 0 Å². The van der Waals surface area contributed by atoms with E-state index < -0.39 is 0 Å². The fourth-order valence-corrected chi connectivity index (χ4v) is 7.37. The van der Waals surface area contributed by atoms with Crippen molar-refractivity contribution in [1.29, 1.82) is 0 Å². The Balaban J connectivity index is 1.65. The molecule has 1 nitrogen and oxygen atoms in total. The standard InChI is InChI=1S/C19H32O/c1-18-10-3-5-14(18)13-7-8-16-17(20)6-4-11-19(16,2)15(13)9-12-18/h13-17,20H,3-12H2,1-2H3/t13-,14+,15+,16-,17+,18+,19-/m0/s1. The first-order valence-corrected chi connectivity index (χ1v) is 9.23. The maximum absolute atomic E-state index is 10.5. The molecule has 0 spiro atoms. The highest BCUT2D eigenvalue weighted by molar-refractivity contribution is 5.07. The van der Waals surface area contributed by atoms with Crippen LogP contribution in [0.3, 0.4) is 0 Å². The number of fused-ring (bicyclic) bond motifs is 5. The molecule has 1 N–H and O–H groups in total. The quantitative estimate of drug-likeness (QED) is 0.675. The van der Waals surface area contributed by atoms with Gasteiger partial charge in [0.2, 0.25) is 0 Å². The zero-order valence-corrected chi connectivity index (χ0v) is 13.4. The molecule has 0 unspecified atom stereocenters. The van der Waals surface area contributed by atoms with E-state index in [1.165, 1.54) is 57.8 Å². The van der Waals surface area contributed by atoms with Crippen molar-refractivity contribution in [3.8, 4) is 0 Å². The van der Waals surface area contributed by atoms with Crippen LogP contribution in [0.4, 0.5) is 0 Å². The van der Waals surface area contributed by atoms with Crippen molar-refractivity contribution < 1.29 is 5.11 Å². The van der Waals surface area contributed by atoms with Crippen LogP contribution in [0.25, 0.3) is 0 Å². The lowest BCUT2D eigenvalue weighted by Gasteiger charge is -2.60. The highest BCUT2D eigenvalue weighted by atomic mass is 16.3. The van der Waals surface area contributed by atoms with E-state index in [9.17, 15) is 5.11 Å². The average molecular weight is 276 g/mol. The van der Waals surface area contributed by atoms with E-state index in [-0.39, 0.29) is 6.10 Å². The second-order valence-electron chi connectivity index (χ2n) is 9.11. The summed E-state index contributed by atoms with van der Waals surface area (Å²) < 4.78 is 0. The zero-order chi connectivity index (χ0) is 14.0. The highest BCUT2D eigenvalue weighted by Gasteiger charge is 2.58. The molecule has 0 bridgehead atoms. The minimum absolute atomic E-state index is 0.00610. The summed E-state index contributed by atoms with van der Waals surface area (Å²) in [5.74, 6) is 3.54. The monoisotopic (exact) mass is 276 g/mol. The van der Waals surface area contributed by atoms with Gasteiger partial charge in [-0.2, -0.15) is 0 Å². The third-order valence-electron chi connectivity index (χ3n) is 8.40. The molecular formula is C19H32O. The molecule has 20 heavy (non-hydrogen) atoms. The van der Waals surface area contributed by atoms with Gasteiger partial charge in [0, 0.05) is 0 Å². The summed E-state index contributed by atoms with van der Waals surface area (Å²) in [5.41, 5.74) is 1.14. The summed E-state index contributed by atoms with van der Waals surface area (Å²) in [5, 5.41) is 10.5. The van der Waals surface area contributed by atoms with Crippen molar-refractivity contribution in [3.05, 3.63) is 0 Å². The second-order valence-corrected chi connectivity index (χ2v) is 9.11. The van der Waals surface area contributed by atoms with Crippen LogP contribution in [0, 0.1) is 34.5 Å². The molecule has 0 aromatic rings. The molecule has 0 aromatic carbocycles. The summed E-state index contributed by atoms with van der Waals surface area (Å²) in [4.78, 5) is 0. The lowest BCUT2D eigenvalue weighted by molar-refractivity contribution is -0.139. The van der Waals surface area contributed by atoms with Gasteiger partial charge in [0.05, 0.1) is 6.10 Å².